The molecule has 0 aromatic heterocycles. The highest BCUT2D eigenvalue weighted by Gasteiger charge is 2.32. The van der Waals surface area contributed by atoms with Gasteiger partial charge in [-0.1, -0.05) is 12.1 Å². The summed E-state index contributed by atoms with van der Waals surface area (Å²) < 4.78 is 36.4. The number of halogens is 1. The number of benzene rings is 3. The number of fused-ring (bicyclic) bond motifs is 1. The molecule has 0 aliphatic carbocycles. The standard InChI is InChI=1S/C29H29FN2O6/c1-35-25-15-18(16-26(36-2)29(25)37-3)14-24-27(34)19-8-9-23(33)20(28(19)38-24)17-31-10-12-32(13-11-31)22-7-5-4-6-21(22)30/h4-9,14-16,33H,10-13,17H2,1-3H3/b24-14+. The lowest BCUT2D eigenvalue weighted by Gasteiger charge is -2.36. The molecular weight excluding hydrogens is 491 g/mol. The molecule has 0 atom stereocenters. The van der Waals surface area contributed by atoms with Crippen LogP contribution < -0.4 is 23.8 Å². The SMILES string of the molecule is COc1cc(/C=C2/Oc3c(ccc(O)c3CN3CCN(c4ccccc4F)CC3)C2=O)cc(OC)c1OC. The minimum absolute atomic E-state index is 0.0575. The van der Waals surface area contributed by atoms with Crippen molar-refractivity contribution in [2.75, 3.05) is 52.4 Å². The summed E-state index contributed by atoms with van der Waals surface area (Å²) in [4.78, 5) is 17.4. The Bertz CT molecular complexity index is 1370. The Labute approximate surface area is 220 Å². The van der Waals surface area contributed by atoms with Crippen molar-refractivity contribution in [2.45, 2.75) is 6.54 Å². The number of anilines is 1. The molecule has 2 aliphatic heterocycles. The van der Waals surface area contributed by atoms with E-state index < -0.39 is 0 Å². The van der Waals surface area contributed by atoms with Crippen LogP contribution in [0.4, 0.5) is 10.1 Å². The van der Waals surface area contributed by atoms with Crippen LogP contribution in [0.1, 0.15) is 21.5 Å². The lowest BCUT2D eigenvalue weighted by molar-refractivity contribution is 0.101. The minimum atomic E-state index is -0.278. The highest BCUT2D eigenvalue weighted by Crippen LogP contribution is 2.42. The maximum Gasteiger partial charge on any atom is 0.231 e. The van der Waals surface area contributed by atoms with E-state index in [0.29, 0.717) is 78.1 Å². The van der Waals surface area contributed by atoms with Gasteiger partial charge in [0.1, 0.15) is 17.3 Å². The number of nitrogens with zero attached hydrogens (tertiary/aromatic N) is 2. The number of hydrogen-bond acceptors (Lipinski definition) is 8. The molecule has 0 bridgehead atoms. The monoisotopic (exact) mass is 520 g/mol. The summed E-state index contributed by atoms with van der Waals surface area (Å²) in [6.07, 6.45) is 1.61. The topological polar surface area (TPSA) is 80.7 Å². The first kappa shape index (κ1) is 25.4. The van der Waals surface area contributed by atoms with E-state index in [4.69, 9.17) is 18.9 Å². The Balaban J connectivity index is 1.36. The number of allylic oxidation sites excluding steroid dienone is 1. The third-order valence-electron chi connectivity index (χ3n) is 6.85. The Hall–Kier alpha value is -4.24. The lowest BCUT2D eigenvalue weighted by Crippen LogP contribution is -2.46. The zero-order valence-electron chi connectivity index (χ0n) is 21.5. The van der Waals surface area contributed by atoms with Crippen molar-refractivity contribution in [3.05, 3.63) is 76.8 Å². The Kier molecular flexibility index (Phi) is 7.11. The van der Waals surface area contributed by atoms with Gasteiger partial charge in [-0.25, -0.2) is 4.39 Å². The van der Waals surface area contributed by atoms with Crippen LogP contribution in [-0.4, -0.2) is 63.3 Å². The number of carbonyl (C=O) groups is 1. The molecule has 2 aliphatic rings. The van der Waals surface area contributed by atoms with Crippen molar-refractivity contribution in [3.8, 4) is 28.7 Å². The third-order valence-corrected chi connectivity index (χ3v) is 6.85. The van der Waals surface area contributed by atoms with E-state index in [-0.39, 0.29) is 23.1 Å². The number of phenolic OH excluding ortho intramolecular Hbond substituents is 1. The number of ether oxygens (including phenoxy) is 4. The van der Waals surface area contributed by atoms with Crippen molar-refractivity contribution in [1.82, 2.24) is 4.90 Å². The van der Waals surface area contributed by atoms with Crippen LogP contribution in [0.3, 0.4) is 0 Å². The molecule has 0 saturated carbocycles. The second-order valence-electron chi connectivity index (χ2n) is 9.05. The molecule has 3 aromatic carbocycles. The molecule has 198 valence electrons. The van der Waals surface area contributed by atoms with Crippen molar-refractivity contribution in [1.29, 1.82) is 0 Å². The van der Waals surface area contributed by atoms with Gasteiger partial charge in [0.15, 0.2) is 17.3 Å². The number of ketones is 1. The number of carbonyl (C=O) groups excluding carboxylic acids is 1. The summed E-state index contributed by atoms with van der Waals surface area (Å²) in [7, 11) is 4.56. The van der Waals surface area contributed by atoms with Crippen molar-refractivity contribution >= 4 is 17.5 Å². The molecule has 5 rings (SSSR count). The number of Topliss-reactive ketones (excluding diaryl/α,β-unsaturated/α-hetero) is 1. The van der Waals surface area contributed by atoms with Gasteiger partial charge in [0.05, 0.1) is 38.1 Å². The van der Waals surface area contributed by atoms with Crippen LogP contribution in [0.5, 0.6) is 28.7 Å². The molecule has 8 nitrogen and oxygen atoms in total. The van der Waals surface area contributed by atoms with Crippen molar-refractivity contribution in [2.24, 2.45) is 0 Å². The Morgan fingerprint density at radius 3 is 2.29 bits per heavy atom. The van der Waals surface area contributed by atoms with Gasteiger partial charge in [-0.05, 0) is 48.0 Å². The van der Waals surface area contributed by atoms with E-state index >= 15 is 0 Å². The first-order chi connectivity index (χ1) is 18.4. The molecular formula is C29H29FN2O6. The largest absolute Gasteiger partial charge is 0.507 e. The molecule has 1 fully saturated rings. The highest BCUT2D eigenvalue weighted by atomic mass is 19.1. The molecule has 3 aromatic rings. The predicted molar refractivity (Wildman–Crippen MR) is 141 cm³/mol. The Morgan fingerprint density at radius 2 is 1.66 bits per heavy atom. The first-order valence-electron chi connectivity index (χ1n) is 12.2. The van der Waals surface area contributed by atoms with E-state index in [9.17, 15) is 14.3 Å². The third kappa shape index (κ3) is 4.72. The van der Waals surface area contributed by atoms with E-state index in [1.54, 1.807) is 36.4 Å². The van der Waals surface area contributed by atoms with Crippen LogP contribution in [0, 0.1) is 5.82 Å². The minimum Gasteiger partial charge on any atom is -0.507 e. The lowest BCUT2D eigenvalue weighted by atomic mass is 10.0. The fraction of sp³-hybridized carbons (Fsp3) is 0.276. The second-order valence-corrected chi connectivity index (χ2v) is 9.05. The number of rotatable bonds is 7. The summed E-state index contributed by atoms with van der Waals surface area (Å²) in [5.74, 6) is 1.38. The number of phenols is 1. The van der Waals surface area contributed by atoms with Crippen LogP contribution in [-0.2, 0) is 6.54 Å². The van der Waals surface area contributed by atoms with Gasteiger partial charge >= 0.3 is 0 Å². The molecule has 0 amide bonds. The van der Waals surface area contributed by atoms with E-state index in [1.165, 1.54) is 33.5 Å². The zero-order chi connectivity index (χ0) is 26.8. The Morgan fingerprint density at radius 1 is 0.974 bits per heavy atom. The molecule has 9 heteroatoms. The molecule has 1 saturated heterocycles. The predicted octanol–water partition coefficient (Wildman–Crippen LogP) is 4.50. The van der Waals surface area contributed by atoms with Gasteiger partial charge in [0.2, 0.25) is 11.5 Å². The smallest absolute Gasteiger partial charge is 0.231 e. The second kappa shape index (κ2) is 10.6. The number of hydrogen-bond donors (Lipinski definition) is 1. The summed E-state index contributed by atoms with van der Waals surface area (Å²) in [5, 5.41) is 10.7. The van der Waals surface area contributed by atoms with Crippen LogP contribution >= 0.6 is 0 Å². The maximum atomic E-state index is 14.2. The van der Waals surface area contributed by atoms with Crippen LogP contribution in [0.15, 0.2) is 54.3 Å². The highest BCUT2D eigenvalue weighted by molar-refractivity contribution is 6.15. The number of para-hydroxylation sites is 1. The van der Waals surface area contributed by atoms with Crippen molar-refractivity contribution in [3.63, 3.8) is 0 Å². The summed E-state index contributed by atoms with van der Waals surface area (Å²) >= 11 is 0. The van der Waals surface area contributed by atoms with E-state index in [2.05, 4.69) is 4.90 Å². The molecule has 1 N–H and O–H groups in total. The quantitative estimate of drug-likeness (QED) is 0.457. The number of piperazine rings is 1. The van der Waals surface area contributed by atoms with Gasteiger partial charge in [-0.15, -0.1) is 0 Å². The van der Waals surface area contributed by atoms with Gasteiger partial charge in [0.25, 0.3) is 0 Å². The van der Waals surface area contributed by atoms with Crippen molar-refractivity contribution < 1.29 is 33.2 Å². The zero-order valence-corrected chi connectivity index (χ0v) is 21.5. The maximum absolute atomic E-state index is 14.2. The number of aromatic hydroxyl groups is 1. The van der Waals surface area contributed by atoms with Crippen LogP contribution in [0.25, 0.3) is 6.08 Å². The molecule has 38 heavy (non-hydrogen) atoms. The fourth-order valence-corrected chi connectivity index (χ4v) is 4.86. The normalized spacial score (nSPS) is 16.4. The summed E-state index contributed by atoms with van der Waals surface area (Å²) in [6, 6.07) is 13.3. The van der Waals surface area contributed by atoms with Crippen LogP contribution in [0.2, 0.25) is 0 Å². The summed E-state index contributed by atoms with van der Waals surface area (Å²) in [5.41, 5.74) is 2.15. The molecule has 0 unspecified atom stereocenters. The van der Waals surface area contributed by atoms with E-state index in [1.807, 2.05) is 11.0 Å². The molecule has 2 heterocycles. The molecule has 0 radical (unpaired) electrons. The average Bonchev–Trinajstić information content (AvgIpc) is 3.25. The van der Waals surface area contributed by atoms with Gasteiger partial charge in [-0.2, -0.15) is 0 Å². The number of methoxy groups -OCH3 is 3. The van der Waals surface area contributed by atoms with Gasteiger partial charge < -0.3 is 29.0 Å². The van der Waals surface area contributed by atoms with Gasteiger partial charge in [0, 0.05) is 32.7 Å². The summed E-state index contributed by atoms with van der Waals surface area (Å²) in [6.45, 7) is 3.01. The first-order valence-corrected chi connectivity index (χ1v) is 12.2. The van der Waals surface area contributed by atoms with Gasteiger partial charge in [-0.3, -0.25) is 9.69 Å². The molecule has 0 spiro atoms. The fourth-order valence-electron chi connectivity index (χ4n) is 4.86. The van der Waals surface area contributed by atoms with E-state index in [0.717, 1.165) is 0 Å². The average molecular weight is 521 g/mol.